The molecule has 0 unspecified atom stereocenters. The largest absolute Gasteiger partial charge is 1.00 e. The first kappa shape index (κ1) is 42.8. The Hall–Kier alpha value is -1.24. The van der Waals surface area contributed by atoms with Gasteiger partial charge in [-0.3, -0.25) is 9.80 Å². The Bertz CT molecular complexity index is 1030. The van der Waals surface area contributed by atoms with Crippen LogP contribution < -0.4 is 40.6 Å². The molecule has 0 aliphatic carbocycles. The van der Waals surface area contributed by atoms with E-state index in [0.717, 1.165) is 70.8 Å². The first-order valence-corrected chi connectivity index (χ1v) is 15.0. The second-order valence-electron chi connectivity index (χ2n) is 12.2. The summed E-state index contributed by atoms with van der Waals surface area (Å²) in [5, 5.41) is 2.78. The summed E-state index contributed by atoms with van der Waals surface area (Å²) >= 11 is 0. The Kier molecular flexibility index (Phi) is 21.7. The zero-order valence-electron chi connectivity index (χ0n) is 27.7. The number of amides is 1. The summed E-state index contributed by atoms with van der Waals surface area (Å²) in [5.41, 5.74) is 10.0. The molecule has 9 nitrogen and oxygen atoms in total. The molecule has 2 fully saturated rings. The summed E-state index contributed by atoms with van der Waals surface area (Å²) in [4.78, 5) is 16.5. The van der Waals surface area contributed by atoms with E-state index in [1.54, 1.807) is 0 Å². The molecule has 0 aromatic heterocycles. The number of hydrogen-bond acceptors (Lipinski definition) is 8. The molecular formula is C33H54ClN4NaO5. The van der Waals surface area contributed by atoms with Gasteiger partial charge in [0, 0.05) is 64.7 Å². The van der Waals surface area contributed by atoms with E-state index in [4.69, 9.17) is 19.9 Å². The van der Waals surface area contributed by atoms with Gasteiger partial charge in [-0.15, -0.1) is 12.4 Å². The molecule has 0 radical (unpaired) electrons. The van der Waals surface area contributed by atoms with Crippen molar-refractivity contribution in [3.8, 4) is 0 Å². The van der Waals surface area contributed by atoms with E-state index in [9.17, 15) is 4.79 Å². The van der Waals surface area contributed by atoms with Crippen LogP contribution in [0.25, 0.3) is 0 Å². The molecule has 2 aliphatic heterocycles. The van der Waals surface area contributed by atoms with Crippen molar-refractivity contribution in [3.05, 3.63) is 70.8 Å². The molecule has 2 saturated heterocycles. The predicted molar refractivity (Wildman–Crippen MR) is 174 cm³/mol. The summed E-state index contributed by atoms with van der Waals surface area (Å²) in [5.74, 6) is 0. The molecular weight excluding hydrogens is 591 g/mol. The molecule has 0 atom stereocenters. The zero-order valence-corrected chi connectivity index (χ0v) is 30.5. The number of nitrogens with one attached hydrogen (secondary N) is 1. The smallest absolute Gasteiger partial charge is 0.870 e. The van der Waals surface area contributed by atoms with E-state index in [0.29, 0.717) is 25.2 Å². The topological polar surface area (TPSA) is 119 Å². The standard InChI is InChI=1S/C19H30N2O3.C14H22N2O.ClH.Na.H2O/c1-19(2,3)24-18(22)20-13-15-5-7-16(8-6-15)14-21(4)17-9-11-23-12-10-17;1-16(14-6-8-17-9-7-14)11-13-4-2-12(10-15)3-5-13;;;/h5-8,17H,9-14H2,1-4H3,(H,20,22);2-5,14H,6-11,15H2,1H3;1H;;1H2/q;;;+1;/p-1. The van der Waals surface area contributed by atoms with Crippen LogP contribution in [0.5, 0.6) is 0 Å². The molecule has 2 heterocycles. The SMILES string of the molecule is CN(Cc1ccc(CN)cc1)C1CCOCC1.CN(Cc1ccc(CNC(=O)OC(C)(C)C)cc1)C1CCOCC1.Cl.[Na+].[OH-]. The van der Waals surface area contributed by atoms with Crippen molar-refractivity contribution in [2.45, 2.75) is 90.3 Å². The summed E-state index contributed by atoms with van der Waals surface area (Å²) < 4.78 is 16.0. The molecule has 2 aromatic carbocycles. The summed E-state index contributed by atoms with van der Waals surface area (Å²) in [7, 11) is 4.38. The summed E-state index contributed by atoms with van der Waals surface area (Å²) in [6.07, 6.45) is 4.13. The normalized spacial score (nSPS) is 15.6. The average molecular weight is 645 g/mol. The Morgan fingerprint density at radius 1 is 0.795 bits per heavy atom. The minimum Gasteiger partial charge on any atom is -0.870 e. The van der Waals surface area contributed by atoms with Gasteiger partial charge < -0.3 is 30.7 Å². The van der Waals surface area contributed by atoms with Gasteiger partial charge in [0.25, 0.3) is 0 Å². The quantitative estimate of drug-likeness (QED) is 0.400. The molecule has 244 valence electrons. The molecule has 11 heteroatoms. The fourth-order valence-electron chi connectivity index (χ4n) is 5.12. The zero-order chi connectivity index (χ0) is 29.7. The van der Waals surface area contributed by atoms with Crippen molar-refractivity contribution in [1.82, 2.24) is 15.1 Å². The number of carbonyl (C=O) groups excluding carboxylic acids is 1. The second kappa shape index (κ2) is 22.3. The third-order valence-electron chi connectivity index (χ3n) is 7.61. The van der Waals surface area contributed by atoms with Crippen molar-refractivity contribution in [2.75, 3.05) is 40.5 Å². The van der Waals surface area contributed by atoms with Crippen LogP contribution in [0.4, 0.5) is 4.79 Å². The number of ether oxygens (including phenoxy) is 3. The van der Waals surface area contributed by atoms with Crippen LogP contribution in [0.2, 0.25) is 0 Å². The van der Waals surface area contributed by atoms with E-state index < -0.39 is 5.60 Å². The van der Waals surface area contributed by atoms with Gasteiger partial charge in [-0.25, -0.2) is 4.79 Å². The van der Waals surface area contributed by atoms with Gasteiger partial charge in [0.1, 0.15) is 5.60 Å². The van der Waals surface area contributed by atoms with Crippen LogP contribution in [0.15, 0.2) is 48.5 Å². The van der Waals surface area contributed by atoms with Gasteiger partial charge in [0.2, 0.25) is 0 Å². The van der Waals surface area contributed by atoms with Crippen LogP contribution in [-0.2, 0) is 40.4 Å². The van der Waals surface area contributed by atoms with Gasteiger partial charge in [0.15, 0.2) is 0 Å². The van der Waals surface area contributed by atoms with Crippen LogP contribution >= 0.6 is 12.4 Å². The minimum absolute atomic E-state index is 0. The van der Waals surface area contributed by atoms with Gasteiger partial charge in [-0.05, 0) is 82.8 Å². The van der Waals surface area contributed by atoms with Crippen LogP contribution in [0.3, 0.4) is 0 Å². The number of benzene rings is 2. The van der Waals surface area contributed by atoms with E-state index in [-0.39, 0.29) is 53.5 Å². The molecule has 4 rings (SSSR count). The number of nitrogens with zero attached hydrogens (tertiary/aromatic N) is 2. The Balaban J connectivity index is 0.000000824. The monoisotopic (exact) mass is 644 g/mol. The van der Waals surface area contributed by atoms with Gasteiger partial charge in [-0.1, -0.05) is 48.5 Å². The van der Waals surface area contributed by atoms with Crippen molar-refractivity contribution in [3.63, 3.8) is 0 Å². The van der Waals surface area contributed by atoms with Crippen LogP contribution in [-0.4, -0.2) is 79.6 Å². The van der Waals surface area contributed by atoms with Crippen molar-refractivity contribution < 1.29 is 54.0 Å². The van der Waals surface area contributed by atoms with E-state index >= 15 is 0 Å². The number of alkyl carbamates (subject to hydrolysis) is 1. The Labute approximate surface area is 293 Å². The molecule has 4 N–H and O–H groups in total. The number of rotatable bonds is 9. The predicted octanol–water partition coefficient (Wildman–Crippen LogP) is 2.33. The summed E-state index contributed by atoms with van der Waals surface area (Å²) in [6, 6.07) is 18.2. The Morgan fingerprint density at radius 2 is 1.16 bits per heavy atom. The fraction of sp³-hybridized carbons (Fsp3) is 0.606. The van der Waals surface area contributed by atoms with E-state index in [2.05, 4.69) is 77.7 Å². The minimum atomic E-state index is -0.470. The van der Waals surface area contributed by atoms with Crippen molar-refractivity contribution in [1.29, 1.82) is 0 Å². The average Bonchev–Trinajstić information content (AvgIpc) is 2.97. The van der Waals surface area contributed by atoms with E-state index in [1.165, 1.54) is 16.7 Å². The summed E-state index contributed by atoms with van der Waals surface area (Å²) in [6.45, 7) is 12.2. The van der Waals surface area contributed by atoms with E-state index in [1.807, 2.05) is 20.8 Å². The molecule has 2 aromatic rings. The molecule has 0 spiro atoms. The van der Waals surface area contributed by atoms with Crippen molar-refractivity contribution >= 4 is 18.5 Å². The Morgan fingerprint density at radius 3 is 1.52 bits per heavy atom. The van der Waals surface area contributed by atoms with Gasteiger partial charge in [0.05, 0.1) is 0 Å². The van der Waals surface area contributed by atoms with Gasteiger partial charge >= 0.3 is 35.7 Å². The second-order valence-corrected chi connectivity index (χ2v) is 12.2. The molecule has 0 bridgehead atoms. The van der Waals surface area contributed by atoms with Crippen LogP contribution in [0.1, 0.15) is 68.7 Å². The first-order valence-electron chi connectivity index (χ1n) is 15.0. The molecule has 44 heavy (non-hydrogen) atoms. The number of hydrogen-bond donors (Lipinski definition) is 2. The molecule has 1 amide bonds. The third kappa shape index (κ3) is 16.4. The number of halogens is 1. The number of carbonyl (C=O) groups is 1. The maximum atomic E-state index is 11.7. The number of nitrogens with two attached hydrogens (primary N) is 1. The van der Waals surface area contributed by atoms with Gasteiger partial charge in [-0.2, -0.15) is 0 Å². The maximum Gasteiger partial charge on any atom is 1.00 e. The first-order chi connectivity index (χ1) is 19.6. The van der Waals surface area contributed by atoms with Crippen LogP contribution in [0, 0.1) is 0 Å². The maximum absolute atomic E-state index is 11.7. The fourth-order valence-corrected chi connectivity index (χ4v) is 5.12. The molecule has 0 saturated carbocycles. The van der Waals surface area contributed by atoms with Crippen molar-refractivity contribution in [2.24, 2.45) is 5.73 Å². The molecule has 2 aliphatic rings. The third-order valence-corrected chi connectivity index (χ3v) is 7.61.